The first-order chi connectivity index (χ1) is 9.06. The molecule has 0 spiro atoms. The minimum atomic E-state index is -0.160. The lowest BCUT2D eigenvalue weighted by molar-refractivity contribution is 0.617. The number of aryl methyl sites for hydroxylation is 2. The molecule has 0 bridgehead atoms. The Kier molecular flexibility index (Phi) is 4.00. The topological polar surface area (TPSA) is 50.9 Å². The van der Waals surface area contributed by atoms with E-state index in [0.717, 1.165) is 30.0 Å². The van der Waals surface area contributed by atoms with Crippen molar-refractivity contribution in [1.82, 2.24) is 4.98 Å². The van der Waals surface area contributed by atoms with Crippen molar-refractivity contribution in [2.45, 2.75) is 20.3 Å². The molecule has 2 aromatic rings. The molecule has 0 aliphatic heterocycles. The molecule has 0 atom stereocenters. The number of anilines is 2. The van der Waals surface area contributed by atoms with Crippen LogP contribution in [0, 0.1) is 19.7 Å². The highest BCUT2D eigenvalue weighted by molar-refractivity contribution is 5.49. The molecular weight excluding hydrogens is 241 g/mol. The first-order valence-electron chi connectivity index (χ1n) is 6.28. The van der Waals surface area contributed by atoms with E-state index in [4.69, 9.17) is 5.73 Å². The van der Waals surface area contributed by atoms with Crippen molar-refractivity contribution >= 4 is 11.5 Å². The molecule has 19 heavy (non-hydrogen) atoms. The van der Waals surface area contributed by atoms with Crippen LogP contribution in [0.2, 0.25) is 0 Å². The Hall–Kier alpha value is -2.10. The summed E-state index contributed by atoms with van der Waals surface area (Å²) >= 11 is 0. The number of benzene rings is 1. The fourth-order valence-corrected chi connectivity index (χ4v) is 1.87. The molecule has 1 aromatic carbocycles. The number of pyridine rings is 1. The predicted octanol–water partition coefficient (Wildman–Crippen LogP) is 3.07. The maximum absolute atomic E-state index is 13.1. The molecule has 4 heteroatoms. The largest absolute Gasteiger partial charge is 0.397 e. The maximum Gasteiger partial charge on any atom is 0.126 e. The summed E-state index contributed by atoms with van der Waals surface area (Å²) in [4.78, 5) is 4.34. The highest BCUT2D eigenvalue weighted by Gasteiger charge is 2.01. The zero-order valence-corrected chi connectivity index (χ0v) is 11.2. The molecule has 0 saturated heterocycles. The smallest absolute Gasteiger partial charge is 0.126 e. The van der Waals surface area contributed by atoms with Crippen LogP contribution in [0.4, 0.5) is 15.9 Å². The minimum absolute atomic E-state index is 0.160. The van der Waals surface area contributed by atoms with Crippen molar-refractivity contribution < 1.29 is 4.39 Å². The minimum Gasteiger partial charge on any atom is -0.397 e. The fourth-order valence-electron chi connectivity index (χ4n) is 1.87. The van der Waals surface area contributed by atoms with Crippen molar-refractivity contribution in [2.24, 2.45) is 0 Å². The van der Waals surface area contributed by atoms with Gasteiger partial charge in [-0.2, -0.15) is 0 Å². The van der Waals surface area contributed by atoms with E-state index in [1.54, 1.807) is 6.92 Å². The van der Waals surface area contributed by atoms with Crippen molar-refractivity contribution in [2.75, 3.05) is 17.6 Å². The van der Waals surface area contributed by atoms with E-state index in [2.05, 4.69) is 10.3 Å². The SMILES string of the molecule is Cc1cc(CCNc2ccc(N)c(C)n2)ccc1F. The van der Waals surface area contributed by atoms with Crippen LogP contribution in [-0.2, 0) is 6.42 Å². The van der Waals surface area contributed by atoms with E-state index in [1.165, 1.54) is 6.07 Å². The van der Waals surface area contributed by atoms with Crippen molar-refractivity contribution in [3.05, 3.63) is 53.0 Å². The van der Waals surface area contributed by atoms with Crippen molar-refractivity contribution in [1.29, 1.82) is 0 Å². The van der Waals surface area contributed by atoms with Gasteiger partial charge in [-0.3, -0.25) is 0 Å². The first kappa shape index (κ1) is 13.3. The molecule has 3 N–H and O–H groups in total. The summed E-state index contributed by atoms with van der Waals surface area (Å²) in [5, 5.41) is 3.23. The second-order valence-electron chi connectivity index (χ2n) is 4.63. The number of nitrogens with one attached hydrogen (secondary N) is 1. The molecule has 2 rings (SSSR count). The third-order valence-electron chi connectivity index (χ3n) is 3.07. The van der Waals surface area contributed by atoms with Crippen LogP contribution in [0.25, 0.3) is 0 Å². The van der Waals surface area contributed by atoms with E-state index >= 15 is 0 Å². The third kappa shape index (κ3) is 3.44. The highest BCUT2D eigenvalue weighted by atomic mass is 19.1. The van der Waals surface area contributed by atoms with Gasteiger partial charge in [0.1, 0.15) is 11.6 Å². The van der Waals surface area contributed by atoms with E-state index < -0.39 is 0 Å². The van der Waals surface area contributed by atoms with E-state index in [9.17, 15) is 4.39 Å². The van der Waals surface area contributed by atoms with Crippen LogP contribution in [0.5, 0.6) is 0 Å². The molecule has 0 fully saturated rings. The van der Waals surface area contributed by atoms with E-state index in [1.807, 2.05) is 31.2 Å². The van der Waals surface area contributed by atoms with Gasteiger partial charge in [0.2, 0.25) is 0 Å². The number of rotatable bonds is 4. The van der Waals surface area contributed by atoms with Gasteiger partial charge >= 0.3 is 0 Å². The number of aromatic nitrogens is 1. The normalized spacial score (nSPS) is 10.5. The van der Waals surface area contributed by atoms with Crippen LogP contribution in [0.15, 0.2) is 30.3 Å². The number of halogens is 1. The van der Waals surface area contributed by atoms with Crippen LogP contribution >= 0.6 is 0 Å². The quantitative estimate of drug-likeness (QED) is 0.887. The summed E-state index contributed by atoms with van der Waals surface area (Å²) in [7, 11) is 0. The molecule has 0 saturated carbocycles. The molecule has 0 aliphatic rings. The lowest BCUT2D eigenvalue weighted by atomic mass is 10.1. The molecule has 0 radical (unpaired) electrons. The standard InChI is InChI=1S/C15H18FN3/c1-10-9-12(3-4-13(10)16)7-8-18-15-6-5-14(17)11(2)19-15/h3-6,9H,7-8,17H2,1-2H3,(H,18,19). The molecule has 3 nitrogen and oxygen atoms in total. The number of nitrogens with two attached hydrogens (primary N) is 1. The molecule has 0 amide bonds. The second kappa shape index (κ2) is 5.69. The lowest BCUT2D eigenvalue weighted by Gasteiger charge is -2.08. The summed E-state index contributed by atoms with van der Waals surface area (Å²) in [5.74, 6) is 0.651. The first-order valence-corrected chi connectivity index (χ1v) is 6.28. The molecule has 0 aliphatic carbocycles. The van der Waals surface area contributed by atoms with Gasteiger partial charge in [0.25, 0.3) is 0 Å². The molecule has 1 heterocycles. The number of hydrogen-bond acceptors (Lipinski definition) is 3. The summed E-state index contributed by atoms with van der Waals surface area (Å²) < 4.78 is 13.1. The van der Waals surface area contributed by atoms with Gasteiger partial charge in [0.05, 0.1) is 11.4 Å². The van der Waals surface area contributed by atoms with Gasteiger partial charge in [0, 0.05) is 6.54 Å². The molecule has 100 valence electrons. The molecule has 1 aromatic heterocycles. The summed E-state index contributed by atoms with van der Waals surface area (Å²) in [6.07, 6.45) is 0.826. The average Bonchev–Trinajstić information content (AvgIpc) is 2.38. The predicted molar refractivity (Wildman–Crippen MR) is 76.7 cm³/mol. The summed E-state index contributed by atoms with van der Waals surface area (Å²) in [6.45, 7) is 4.41. The second-order valence-corrected chi connectivity index (χ2v) is 4.63. The zero-order chi connectivity index (χ0) is 13.8. The van der Waals surface area contributed by atoms with Crippen LogP contribution in [-0.4, -0.2) is 11.5 Å². The third-order valence-corrected chi connectivity index (χ3v) is 3.07. The Morgan fingerprint density at radius 3 is 2.68 bits per heavy atom. The van der Waals surface area contributed by atoms with Gasteiger partial charge in [-0.1, -0.05) is 12.1 Å². The Morgan fingerprint density at radius 2 is 2.00 bits per heavy atom. The monoisotopic (exact) mass is 259 g/mol. The molecular formula is C15H18FN3. The van der Waals surface area contributed by atoms with Gasteiger partial charge in [-0.15, -0.1) is 0 Å². The Morgan fingerprint density at radius 1 is 1.21 bits per heavy atom. The zero-order valence-electron chi connectivity index (χ0n) is 11.2. The van der Waals surface area contributed by atoms with Gasteiger partial charge in [-0.25, -0.2) is 9.37 Å². The lowest BCUT2D eigenvalue weighted by Crippen LogP contribution is -2.07. The van der Waals surface area contributed by atoms with Crippen molar-refractivity contribution in [3.63, 3.8) is 0 Å². The number of nitrogen functional groups attached to an aromatic ring is 1. The van der Waals surface area contributed by atoms with Crippen LogP contribution in [0.3, 0.4) is 0 Å². The Labute approximate surface area is 112 Å². The maximum atomic E-state index is 13.1. The number of nitrogens with zero attached hydrogens (tertiary/aromatic N) is 1. The Balaban J connectivity index is 1.92. The summed E-state index contributed by atoms with van der Waals surface area (Å²) in [5.41, 5.74) is 9.02. The van der Waals surface area contributed by atoms with E-state index in [0.29, 0.717) is 11.3 Å². The van der Waals surface area contributed by atoms with Crippen LogP contribution in [0.1, 0.15) is 16.8 Å². The van der Waals surface area contributed by atoms with E-state index in [-0.39, 0.29) is 5.82 Å². The van der Waals surface area contributed by atoms with Gasteiger partial charge < -0.3 is 11.1 Å². The summed E-state index contributed by atoms with van der Waals surface area (Å²) in [6, 6.07) is 8.89. The fraction of sp³-hybridized carbons (Fsp3) is 0.267. The van der Waals surface area contributed by atoms with Crippen LogP contribution < -0.4 is 11.1 Å². The van der Waals surface area contributed by atoms with Gasteiger partial charge in [-0.05, 0) is 49.6 Å². The Bertz CT molecular complexity index is 530. The van der Waals surface area contributed by atoms with Gasteiger partial charge in [0.15, 0.2) is 0 Å². The average molecular weight is 259 g/mol. The molecule has 0 unspecified atom stereocenters. The van der Waals surface area contributed by atoms with Crippen molar-refractivity contribution in [3.8, 4) is 0 Å². The number of hydrogen-bond donors (Lipinski definition) is 2. The highest BCUT2D eigenvalue weighted by Crippen LogP contribution is 2.13.